The summed E-state index contributed by atoms with van der Waals surface area (Å²) < 4.78 is 13.0. The molecule has 3 rings (SSSR count). The number of ether oxygens (including phenoxy) is 2. The monoisotopic (exact) mass is 433 g/mol. The number of benzene rings is 1. The standard InChI is InChI=1S/C19H23N5O3S2/c1-11-6-7-14(15(8-11)26-5)27-9-16-22-23-19(24(16)4)29-13(3)17(25)21-18-20-12(2)10-28-18/h6-8,10,13H,9H2,1-5H3,(H,20,21,25)/t13-/m0/s1. The first-order valence-corrected chi connectivity index (χ1v) is 10.7. The quantitative estimate of drug-likeness (QED) is 0.543. The zero-order valence-electron chi connectivity index (χ0n) is 16.9. The average molecular weight is 434 g/mol. The summed E-state index contributed by atoms with van der Waals surface area (Å²) in [6.45, 7) is 5.94. The Morgan fingerprint density at radius 2 is 2.10 bits per heavy atom. The van der Waals surface area contributed by atoms with E-state index in [-0.39, 0.29) is 17.8 Å². The van der Waals surface area contributed by atoms with Crippen molar-refractivity contribution in [3.63, 3.8) is 0 Å². The van der Waals surface area contributed by atoms with Gasteiger partial charge in [0.1, 0.15) is 6.61 Å². The van der Waals surface area contributed by atoms with Crippen molar-refractivity contribution in [2.75, 3.05) is 12.4 Å². The number of thiazole rings is 1. The van der Waals surface area contributed by atoms with E-state index in [4.69, 9.17) is 9.47 Å². The summed E-state index contributed by atoms with van der Waals surface area (Å²) in [4.78, 5) is 16.6. The van der Waals surface area contributed by atoms with Gasteiger partial charge in [0.15, 0.2) is 27.6 Å². The van der Waals surface area contributed by atoms with Gasteiger partial charge in [-0.3, -0.25) is 4.79 Å². The van der Waals surface area contributed by atoms with Gasteiger partial charge in [-0.05, 0) is 38.5 Å². The Morgan fingerprint density at radius 3 is 2.79 bits per heavy atom. The molecule has 0 aliphatic carbocycles. The average Bonchev–Trinajstić information content (AvgIpc) is 3.26. The van der Waals surface area contributed by atoms with Gasteiger partial charge in [0, 0.05) is 12.4 Å². The van der Waals surface area contributed by atoms with Crippen LogP contribution in [0.25, 0.3) is 0 Å². The van der Waals surface area contributed by atoms with E-state index < -0.39 is 0 Å². The normalized spacial score (nSPS) is 11.9. The first kappa shape index (κ1) is 21.1. The molecule has 0 aliphatic heterocycles. The molecule has 0 radical (unpaired) electrons. The Kier molecular flexibility index (Phi) is 6.75. The van der Waals surface area contributed by atoms with Crippen molar-refractivity contribution in [1.82, 2.24) is 19.7 Å². The Morgan fingerprint density at radius 1 is 1.31 bits per heavy atom. The number of anilines is 1. The lowest BCUT2D eigenvalue weighted by molar-refractivity contribution is -0.115. The van der Waals surface area contributed by atoms with Gasteiger partial charge in [0.05, 0.1) is 18.1 Å². The zero-order chi connectivity index (χ0) is 21.0. The molecule has 2 heterocycles. The third-order valence-electron chi connectivity index (χ3n) is 4.10. The van der Waals surface area contributed by atoms with E-state index in [1.807, 2.05) is 56.0 Å². The summed E-state index contributed by atoms with van der Waals surface area (Å²) in [6, 6.07) is 5.74. The molecule has 8 nitrogen and oxygen atoms in total. The number of thioether (sulfide) groups is 1. The van der Waals surface area contributed by atoms with Crippen molar-refractivity contribution < 1.29 is 14.3 Å². The molecule has 0 fully saturated rings. The van der Waals surface area contributed by atoms with Crippen LogP contribution in [0.15, 0.2) is 28.7 Å². The van der Waals surface area contributed by atoms with Crippen molar-refractivity contribution in [2.24, 2.45) is 7.05 Å². The van der Waals surface area contributed by atoms with Gasteiger partial charge in [0.25, 0.3) is 0 Å². The first-order chi connectivity index (χ1) is 13.9. The Labute approximate surface area is 177 Å². The van der Waals surface area contributed by atoms with Crippen molar-refractivity contribution in [3.8, 4) is 11.5 Å². The smallest absolute Gasteiger partial charge is 0.239 e. The van der Waals surface area contributed by atoms with Crippen LogP contribution >= 0.6 is 23.1 Å². The zero-order valence-corrected chi connectivity index (χ0v) is 18.6. The predicted octanol–water partition coefficient (Wildman–Crippen LogP) is 3.60. The summed E-state index contributed by atoms with van der Waals surface area (Å²) in [6.07, 6.45) is 0. The maximum Gasteiger partial charge on any atom is 0.239 e. The minimum Gasteiger partial charge on any atom is -0.493 e. The van der Waals surface area contributed by atoms with E-state index in [9.17, 15) is 4.79 Å². The first-order valence-electron chi connectivity index (χ1n) is 8.92. The van der Waals surface area contributed by atoms with Crippen molar-refractivity contribution in [2.45, 2.75) is 37.8 Å². The van der Waals surface area contributed by atoms with Crippen molar-refractivity contribution in [3.05, 3.63) is 40.7 Å². The fraction of sp³-hybridized carbons (Fsp3) is 0.368. The molecule has 1 amide bonds. The molecule has 0 aliphatic rings. The Hall–Kier alpha value is -2.59. The van der Waals surface area contributed by atoms with Gasteiger partial charge in [-0.2, -0.15) is 0 Å². The highest BCUT2D eigenvalue weighted by Gasteiger charge is 2.20. The third kappa shape index (κ3) is 5.27. The van der Waals surface area contributed by atoms with E-state index >= 15 is 0 Å². The second kappa shape index (κ2) is 9.27. The number of carbonyl (C=O) groups is 1. The number of hydrogen-bond acceptors (Lipinski definition) is 8. The van der Waals surface area contributed by atoms with E-state index in [0.717, 1.165) is 11.3 Å². The summed E-state index contributed by atoms with van der Waals surface area (Å²) in [5.41, 5.74) is 1.97. The molecule has 1 atom stereocenters. The molecule has 29 heavy (non-hydrogen) atoms. The number of rotatable bonds is 8. The van der Waals surface area contributed by atoms with Crippen LogP contribution in [-0.4, -0.2) is 38.0 Å². The van der Waals surface area contributed by atoms with Gasteiger partial charge >= 0.3 is 0 Å². The number of nitrogens with one attached hydrogen (secondary N) is 1. The molecular weight excluding hydrogens is 410 g/mol. The molecule has 0 spiro atoms. The molecular formula is C19H23N5O3S2. The van der Waals surface area contributed by atoms with Crippen LogP contribution in [0.2, 0.25) is 0 Å². The molecule has 1 aromatic carbocycles. The lowest BCUT2D eigenvalue weighted by Gasteiger charge is -2.12. The third-order valence-corrected chi connectivity index (χ3v) is 6.11. The molecule has 0 bridgehead atoms. The van der Waals surface area contributed by atoms with E-state index in [2.05, 4.69) is 20.5 Å². The van der Waals surface area contributed by atoms with E-state index in [1.54, 1.807) is 7.11 Å². The Balaban J connectivity index is 1.61. The second-order valence-corrected chi connectivity index (χ2v) is 8.61. The topological polar surface area (TPSA) is 91.2 Å². The molecule has 0 saturated carbocycles. The van der Waals surface area contributed by atoms with E-state index in [0.29, 0.717) is 27.6 Å². The SMILES string of the molecule is COc1cc(C)ccc1OCc1nnc(S[C@@H](C)C(=O)Nc2nc(C)cs2)n1C. The number of aromatic nitrogens is 4. The highest BCUT2D eigenvalue weighted by Crippen LogP contribution is 2.29. The van der Waals surface area contributed by atoms with Crippen molar-refractivity contribution in [1.29, 1.82) is 0 Å². The fourth-order valence-corrected chi connectivity index (χ4v) is 3.96. The summed E-state index contributed by atoms with van der Waals surface area (Å²) in [5.74, 6) is 1.83. The van der Waals surface area contributed by atoms with Gasteiger partial charge in [0.2, 0.25) is 5.91 Å². The molecule has 2 aromatic heterocycles. The molecule has 3 aromatic rings. The van der Waals surface area contributed by atoms with Crippen LogP contribution < -0.4 is 14.8 Å². The molecule has 1 N–H and O–H groups in total. The van der Waals surface area contributed by atoms with Gasteiger partial charge in [-0.15, -0.1) is 21.5 Å². The number of aryl methyl sites for hydroxylation is 2. The molecule has 0 saturated heterocycles. The lowest BCUT2D eigenvalue weighted by atomic mass is 10.2. The van der Waals surface area contributed by atoms with Crippen molar-refractivity contribution >= 4 is 34.1 Å². The summed E-state index contributed by atoms with van der Waals surface area (Å²) in [7, 11) is 3.46. The molecule has 10 heteroatoms. The van der Waals surface area contributed by atoms with Crippen LogP contribution in [0.1, 0.15) is 24.0 Å². The number of hydrogen-bond donors (Lipinski definition) is 1. The van der Waals surface area contributed by atoms with Crippen LogP contribution in [0.5, 0.6) is 11.5 Å². The van der Waals surface area contributed by atoms with Crippen LogP contribution in [0.4, 0.5) is 5.13 Å². The minimum atomic E-state index is -0.354. The van der Waals surface area contributed by atoms with Gasteiger partial charge in [-0.1, -0.05) is 17.8 Å². The highest BCUT2D eigenvalue weighted by molar-refractivity contribution is 8.00. The van der Waals surface area contributed by atoms with Gasteiger partial charge < -0.3 is 19.4 Å². The lowest BCUT2D eigenvalue weighted by Crippen LogP contribution is -2.22. The maximum atomic E-state index is 12.4. The van der Waals surface area contributed by atoms with Gasteiger partial charge in [-0.25, -0.2) is 4.98 Å². The minimum absolute atomic E-state index is 0.130. The molecule has 154 valence electrons. The number of nitrogens with zero attached hydrogens (tertiary/aromatic N) is 4. The number of amides is 1. The Bertz CT molecular complexity index is 1000. The van der Waals surface area contributed by atoms with Crippen LogP contribution in [-0.2, 0) is 18.4 Å². The fourth-order valence-electron chi connectivity index (χ4n) is 2.44. The number of methoxy groups -OCH3 is 1. The summed E-state index contributed by atoms with van der Waals surface area (Å²) >= 11 is 2.74. The largest absolute Gasteiger partial charge is 0.493 e. The summed E-state index contributed by atoms with van der Waals surface area (Å²) in [5, 5.41) is 14.0. The van der Waals surface area contributed by atoms with Crippen LogP contribution in [0.3, 0.4) is 0 Å². The van der Waals surface area contributed by atoms with E-state index in [1.165, 1.54) is 23.1 Å². The maximum absolute atomic E-state index is 12.4. The molecule has 0 unspecified atom stereocenters. The number of carbonyl (C=O) groups excluding carboxylic acids is 1. The second-order valence-electron chi connectivity index (χ2n) is 6.44. The predicted molar refractivity (Wildman–Crippen MR) is 114 cm³/mol. The highest BCUT2D eigenvalue weighted by atomic mass is 32.2. The van der Waals surface area contributed by atoms with Crippen LogP contribution in [0, 0.1) is 13.8 Å².